The lowest BCUT2D eigenvalue weighted by Gasteiger charge is -2.02. The minimum atomic E-state index is 0.460. The highest BCUT2D eigenvalue weighted by Crippen LogP contribution is 2.13. The van der Waals surface area contributed by atoms with Crippen molar-refractivity contribution >= 4 is 0 Å². The zero-order valence-corrected chi connectivity index (χ0v) is 15.6. The van der Waals surface area contributed by atoms with Crippen LogP contribution in [-0.2, 0) is 0 Å². The van der Waals surface area contributed by atoms with Crippen LogP contribution in [0.2, 0.25) is 0 Å². The number of nitrogens with zero attached hydrogens (tertiary/aromatic N) is 3. The van der Waals surface area contributed by atoms with Crippen LogP contribution >= 0.6 is 0 Å². The van der Waals surface area contributed by atoms with Crippen molar-refractivity contribution in [3.8, 4) is 0 Å². The van der Waals surface area contributed by atoms with Crippen molar-refractivity contribution in [2.75, 3.05) is 6.54 Å². The van der Waals surface area contributed by atoms with Crippen LogP contribution < -0.4 is 0 Å². The third kappa shape index (κ3) is 15.0. The van der Waals surface area contributed by atoms with Crippen LogP contribution in [0.1, 0.15) is 73.1 Å². The van der Waals surface area contributed by atoms with Gasteiger partial charge in [0, 0.05) is 11.5 Å². The van der Waals surface area contributed by atoms with E-state index in [1.54, 1.807) is 0 Å². The van der Waals surface area contributed by atoms with Crippen molar-refractivity contribution in [2.45, 2.75) is 73.1 Å². The first-order chi connectivity index (χ1) is 11.0. The lowest BCUT2D eigenvalue weighted by Crippen LogP contribution is -1.82. The van der Waals surface area contributed by atoms with E-state index in [1.807, 2.05) is 6.08 Å². The van der Waals surface area contributed by atoms with E-state index in [1.165, 1.54) is 28.7 Å². The quantitative estimate of drug-likeness (QED) is 0.165. The van der Waals surface area contributed by atoms with E-state index in [-0.39, 0.29) is 0 Å². The molecule has 0 aromatic carbocycles. The van der Waals surface area contributed by atoms with Crippen LogP contribution in [0.3, 0.4) is 0 Å². The summed E-state index contributed by atoms with van der Waals surface area (Å²) < 4.78 is 0. The van der Waals surface area contributed by atoms with Gasteiger partial charge in [-0.15, -0.1) is 0 Å². The van der Waals surface area contributed by atoms with Gasteiger partial charge in [-0.1, -0.05) is 51.7 Å². The van der Waals surface area contributed by atoms with Crippen molar-refractivity contribution in [3.05, 3.63) is 57.0 Å². The minimum absolute atomic E-state index is 0.460. The number of azide groups is 1. The van der Waals surface area contributed by atoms with Crippen LogP contribution in [0, 0.1) is 0 Å². The molecule has 0 aliphatic carbocycles. The Bertz CT molecular complexity index is 497. The molecule has 128 valence electrons. The van der Waals surface area contributed by atoms with Gasteiger partial charge in [0.2, 0.25) is 0 Å². The molecule has 0 unspecified atom stereocenters. The third-order valence-electron chi connectivity index (χ3n) is 3.74. The van der Waals surface area contributed by atoms with Gasteiger partial charge in [0.1, 0.15) is 0 Å². The fourth-order valence-electron chi connectivity index (χ4n) is 2.22. The molecule has 0 aromatic heterocycles. The van der Waals surface area contributed by atoms with Gasteiger partial charge in [-0.2, -0.15) is 0 Å². The summed E-state index contributed by atoms with van der Waals surface area (Å²) in [4.78, 5) is 2.75. The number of allylic oxidation sites excluding steroid dienone is 7. The van der Waals surface area contributed by atoms with E-state index in [2.05, 4.69) is 62.9 Å². The Morgan fingerprint density at radius 1 is 0.739 bits per heavy atom. The van der Waals surface area contributed by atoms with Crippen molar-refractivity contribution < 1.29 is 0 Å². The minimum Gasteiger partial charge on any atom is -0.0899 e. The molecule has 0 radical (unpaired) electrons. The van der Waals surface area contributed by atoms with E-state index in [9.17, 15) is 0 Å². The van der Waals surface area contributed by atoms with Crippen molar-refractivity contribution in [2.24, 2.45) is 5.11 Å². The highest BCUT2D eigenvalue weighted by atomic mass is 15.1. The molecule has 0 spiro atoms. The van der Waals surface area contributed by atoms with E-state index in [4.69, 9.17) is 5.53 Å². The summed E-state index contributed by atoms with van der Waals surface area (Å²) in [6.45, 7) is 11.3. The molecule has 0 bridgehead atoms. The molecule has 0 aliphatic rings. The van der Waals surface area contributed by atoms with Gasteiger partial charge >= 0.3 is 0 Å². The molecule has 0 fully saturated rings. The highest BCUT2D eigenvalue weighted by Gasteiger charge is 1.93. The normalized spacial score (nSPS) is 12.8. The standard InChI is InChI=1S/C20H33N3/c1-17(2)9-6-10-18(3)11-7-12-19(4)13-8-14-20(5)15-16-22-23-21/h9,11,13,15H,6-8,10,12,14,16H2,1-5H3/b18-11?,19-13?,20-15+. The van der Waals surface area contributed by atoms with Gasteiger partial charge in [0.05, 0.1) is 0 Å². The average Bonchev–Trinajstić information content (AvgIpc) is 2.47. The molecular weight excluding hydrogens is 282 g/mol. The summed E-state index contributed by atoms with van der Waals surface area (Å²) in [6.07, 6.45) is 15.7. The maximum Gasteiger partial charge on any atom is 0.0442 e. The van der Waals surface area contributed by atoms with Crippen LogP contribution in [0.15, 0.2) is 51.7 Å². The summed E-state index contributed by atoms with van der Waals surface area (Å²) >= 11 is 0. The first-order valence-electron chi connectivity index (χ1n) is 8.56. The largest absolute Gasteiger partial charge is 0.0899 e. The smallest absolute Gasteiger partial charge is 0.0442 e. The Balaban J connectivity index is 4.00. The van der Waals surface area contributed by atoms with Crippen LogP contribution in [0.4, 0.5) is 0 Å². The fourth-order valence-corrected chi connectivity index (χ4v) is 2.22. The first-order valence-corrected chi connectivity index (χ1v) is 8.56. The molecule has 0 atom stereocenters. The predicted octanol–water partition coefficient (Wildman–Crippen LogP) is 7.44. The summed E-state index contributed by atoms with van der Waals surface area (Å²) in [7, 11) is 0. The summed E-state index contributed by atoms with van der Waals surface area (Å²) in [5.41, 5.74) is 13.9. The van der Waals surface area contributed by atoms with Crippen LogP contribution in [0.25, 0.3) is 10.4 Å². The molecule has 0 aromatic rings. The molecule has 0 saturated carbocycles. The second kappa shape index (κ2) is 13.9. The Labute approximate surface area is 142 Å². The Morgan fingerprint density at radius 2 is 1.17 bits per heavy atom. The molecule has 3 heteroatoms. The Hall–Kier alpha value is -1.73. The van der Waals surface area contributed by atoms with E-state index >= 15 is 0 Å². The summed E-state index contributed by atoms with van der Waals surface area (Å²) in [6, 6.07) is 0. The lowest BCUT2D eigenvalue weighted by molar-refractivity contribution is 0.898. The monoisotopic (exact) mass is 315 g/mol. The van der Waals surface area contributed by atoms with Gasteiger partial charge < -0.3 is 0 Å². The SMILES string of the molecule is CC(C)=CCCC(C)=CCCC(C)=CCC/C(C)=C/CN=[N+]=[N-]. The molecule has 3 nitrogen and oxygen atoms in total. The highest BCUT2D eigenvalue weighted by molar-refractivity contribution is 5.07. The predicted molar refractivity (Wildman–Crippen MR) is 102 cm³/mol. The summed E-state index contributed by atoms with van der Waals surface area (Å²) in [5, 5.41) is 3.52. The Morgan fingerprint density at radius 3 is 1.61 bits per heavy atom. The number of rotatable bonds is 11. The molecule has 0 rings (SSSR count). The van der Waals surface area contributed by atoms with Crippen LogP contribution in [0.5, 0.6) is 0 Å². The molecule has 0 aliphatic heterocycles. The van der Waals surface area contributed by atoms with Crippen molar-refractivity contribution in [1.82, 2.24) is 0 Å². The molecule has 0 saturated heterocycles. The lowest BCUT2D eigenvalue weighted by atomic mass is 10.0. The maximum absolute atomic E-state index is 8.23. The molecule has 0 amide bonds. The van der Waals surface area contributed by atoms with Crippen molar-refractivity contribution in [3.63, 3.8) is 0 Å². The number of hydrogen-bond donors (Lipinski definition) is 0. The third-order valence-corrected chi connectivity index (χ3v) is 3.74. The second-order valence-corrected chi connectivity index (χ2v) is 6.46. The average molecular weight is 316 g/mol. The van der Waals surface area contributed by atoms with Gasteiger partial charge in [0.25, 0.3) is 0 Å². The van der Waals surface area contributed by atoms with Gasteiger partial charge in [-0.3, -0.25) is 0 Å². The van der Waals surface area contributed by atoms with Gasteiger partial charge in [0.15, 0.2) is 0 Å². The number of hydrogen-bond acceptors (Lipinski definition) is 1. The first kappa shape index (κ1) is 21.3. The summed E-state index contributed by atoms with van der Waals surface area (Å²) in [5.74, 6) is 0. The van der Waals surface area contributed by atoms with Gasteiger partial charge in [-0.05, 0) is 78.7 Å². The van der Waals surface area contributed by atoms with E-state index in [0.717, 1.165) is 32.1 Å². The van der Waals surface area contributed by atoms with Crippen molar-refractivity contribution in [1.29, 1.82) is 0 Å². The molecule has 23 heavy (non-hydrogen) atoms. The molecular formula is C20H33N3. The van der Waals surface area contributed by atoms with Gasteiger partial charge in [-0.25, -0.2) is 0 Å². The molecule has 0 N–H and O–H groups in total. The zero-order chi connectivity index (χ0) is 17.5. The van der Waals surface area contributed by atoms with Crippen LogP contribution in [-0.4, -0.2) is 6.54 Å². The fraction of sp³-hybridized carbons (Fsp3) is 0.600. The maximum atomic E-state index is 8.23. The second-order valence-electron chi connectivity index (χ2n) is 6.46. The van der Waals surface area contributed by atoms with E-state index in [0.29, 0.717) is 6.54 Å². The Kier molecular flexibility index (Phi) is 12.9. The zero-order valence-electron chi connectivity index (χ0n) is 15.6. The molecule has 0 heterocycles. The topological polar surface area (TPSA) is 48.8 Å². The van der Waals surface area contributed by atoms with E-state index < -0.39 is 0 Å².